The summed E-state index contributed by atoms with van der Waals surface area (Å²) in [6, 6.07) is 13.6. The Morgan fingerprint density at radius 1 is 1.15 bits per heavy atom. The molecule has 0 unspecified atom stereocenters. The Kier molecular flexibility index (Phi) is 5.17. The molecule has 0 aliphatic carbocycles. The van der Waals surface area contributed by atoms with Gasteiger partial charge >= 0.3 is 0 Å². The second-order valence-electron chi connectivity index (χ2n) is 7.49. The summed E-state index contributed by atoms with van der Waals surface area (Å²) in [6.45, 7) is 8.07. The van der Waals surface area contributed by atoms with E-state index in [1.54, 1.807) is 13.0 Å². The number of aryl methyl sites for hydroxylation is 1. The third-order valence-electron chi connectivity index (χ3n) is 5.11. The fourth-order valence-electron chi connectivity index (χ4n) is 3.36. The zero-order valence-corrected chi connectivity index (χ0v) is 15.9. The van der Waals surface area contributed by atoms with Crippen molar-refractivity contribution in [3.63, 3.8) is 0 Å². The lowest BCUT2D eigenvalue weighted by Crippen LogP contribution is -2.52. The summed E-state index contributed by atoms with van der Waals surface area (Å²) < 4.78 is 5.98. The largest absolute Gasteiger partial charge is 0.485 e. The van der Waals surface area contributed by atoms with Gasteiger partial charge in [-0.1, -0.05) is 31.2 Å². The van der Waals surface area contributed by atoms with Crippen molar-refractivity contribution < 1.29 is 14.6 Å². The van der Waals surface area contributed by atoms with Gasteiger partial charge in [0.2, 0.25) is 0 Å². The average molecular weight is 353 g/mol. The smallest absolute Gasteiger partial charge is 0.159 e. The molecule has 0 saturated heterocycles. The Balaban J connectivity index is 1.88. The number of Topliss-reactive ketones (excluding diaryl/α,β-unsaturated/α-hetero) is 1. The van der Waals surface area contributed by atoms with Crippen LogP contribution in [0.25, 0.3) is 0 Å². The predicted octanol–water partition coefficient (Wildman–Crippen LogP) is 3.81. The minimum Gasteiger partial charge on any atom is -0.485 e. The van der Waals surface area contributed by atoms with Gasteiger partial charge in [-0.2, -0.15) is 0 Å². The van der Waals surface area contributed by atoms with Crippen LogP contribution in [0.3, 0.4) is 0 Å². The molecular weight excluding hydrogens is 326 g/mol. The van der Waals surface area contributed by atoms with Gasteiger partial charge in [-0.05, 0) is 56.5 Å². The number of aliphatic hydroxyl groups is 1. The molecule has 4 heteroatoms. The first kappa shape index (κ1) is 18.6. The van der Waals surface area contributed by atoms with E-state index in [9.17, 15) is 9.90 Å². The number of nitrogens with one attached hydrogen (secondary N) is 1. The molecule has 1 heterocycles. The van der Waals surface area contributed by atoms with Crippen molar-refractivity contribution in [3.8, 4) is 5.75 Å². The van der Waals surface area contributed by atoms with Crippen LogP contribution >= 0.6 is 0 Å². The number of hydrogen-bond acceptors (Lipinski definition) is 4. The van der Waals surface area contributed by atoms with Crippen molar-refractivity contribution in [2.75, 3.05) is 0 Å². The molecule has 0 bridgehead atoms. The number of ketones is 1. The molecule has 0 fully saturated rings. The van der Waals surface area contributed by atoms with E-state index in [-0.39, 0.29) is 11.8 Å². The number of fused-ring (bicyclic) bond motifs is 1. The maximum atomic E-state index is 11.8. The highest BCUT2D eigenvalue weighted by Crippen LogP contribution is 2.40. The highest BCUT2D eigenvalue weighted by atomic mass is 16.5. The van der Waals surface area contributed by atoms with E-state index in [0.717, 1.165) is 17.5 Å². The van der Waals surface area contributed by atoms with E-state index < -0.39 is 11.7 Å². The molecule has 3 rings (SSSR count). The van der Waals surface area contributed by atoms with Crippen LogP contribution in [0.2, 0.25) is 0 Å². The van der Waals surface area contributed by atoms with Crippen molar-refractivity contribution >= 4 is 5.78 Å². The number of aliphatic hydroxyl groups excluding tert-OH is 1. The maximum absolute atomic E-state index is 11.8. The number of carbonyl (C=O) groups is 1. The number of ether oxygens (including phenoxy) is 1. The van der Waals surface area contributed by atoms with Crippen LogP contribution < -0.4 is 10.1 Å². The molecule has 138 valence electrons. The van der Waals surface area contributed by atoms with Gasteiger partial charge in [0.1, 0.15) is 17.5 Å². The molecular formula is C22H27NO3. The normalized spacial score (nSPS) is 21.0. The van der Waals surface area contributed by atoms with Crippen LogP contribution in [0.5, 0.6) is 5.75 Å². The van der Waals surface area contributed by atoms with Crippen molar-refractivity contribution in [2.24, 2.45) is 0 Å². The Labute approximate surface area is 155 Å². The van der Waals surface area contributed by atoms with Crippen molar-refractivity contribution in [1.29, 1.82) is 0 Å². The van der Waals surface area contributed by atoms with Gasteiger partial charge in [0.15, 0.2) is 5.78 Å². The predicted molar refractivity (Wildman–Crippen MR) is 103 cm³/mol. The van der Waals surface area contributed by atoms with Gasteiger partial charge in [0, 0.05) is 17.7 Å². The molecule has 1 aliphatic rings. The number of carbonyl (C=O) groups excluding carboxylic acids is 1. The van der Waals surface area contributed by atoms with Crippen LogP contribution in [0.15, 0.2) is 42.5 Å². The number of rotatable bonds is 5. The van der Waals surface area contributed by atoms with Gasteiger partial charge < -0.3 is 15.2 Å². The van der Waals surface area contributed by atoms with Crippen LogP contribution in [-0.2, 0) is 13.0 Å². The first-order chi connectivity index (χ1) is 12.3. The first-order valence-electron chi connectivity index (χ1n) is 9.15. The van der Waals surface area contributed by atoms with Crippen molar-refractivity contribution in [1.82, 2.24) is 5.32 Å². The highest BCUT2D eigenvalue weighted by molar-refractivity contribution is 5.94. The Morgan fingerprint density at radius 2 is 1.81 bits per heavy atom. The number of hydrogen-bond donors (Lipinski definition) is 2. The summed E-state index contributed by atoms with van der Waals surface area (Å²) in [5.74, 6) is 0.713. The summed E-state index contributed by atoms with van der Waals surface area (Å²) in [7, 11) is 0. The standard InChI is InChI=1S/C22H27NO3/c1-5-15-6-8-16(9-7-15)13-23-20-18-12-17(14(2)24)10-11-19(18)26-22(3,4)21(20)25/h6-12,20-21,23,25H,5,13H2,1-4H3/t20-,21+/m1/s1. The second kappa shape index (κ2) is 7.22. The molecule has 2 aromatic rings. The van der Waals surface area contributed by atoms with Crippen LogP contribution in [0, 0.1) is 0 Å². The molecule has 2 N–H and O–H groups in total. The van der Waals surface area contributed by atoms with E-state index in [0.29, 0.717) is 17.9 Å². The molecule has 1 aliphatic heterocycles. The zero-order valence-electron chi connectivity index (χ0n) is 15.9. The van der Waals surface area contributed by atoms with E-state index in [2.05, 4.69) is 36.5 Å². The average Bonchev–Trinajstić information content (AvgIpc) is 2.62. The third kappa shape index (κ3) is 3.67. The molecule has 0 saturated carbocycles. The van der Waals surface area contributed by atoms with E-state index >= 15 is 0 Å². The molecule has 0 amide bonds. The van der Waals surface area contributed by atoms with E-state index in [1.807, 2.05) is 26.0 Å². The molecule has 0 aromatic heterocycles. The monoisotopic (exact) mass is 353 g/mol. The Morgan fingerprint density at radius 3 is 2.42 bits per heavy atom. The quantitative estimate of drug-likeness (QED) is 0.803. The van der Waals surface area contributed by atoms with Gasteiger partial charge in [-0.15, -0.1) is 0 Å². The lowest BCUT2D eigenvalue weighted by atomic mass is 9.85. The van der Waals surface area contributed by atoms with Crippen LogP contribution in [0.1, 0.15) is 60.8 Å². The number of benzene rings is 2. The molecule has 26 heavy (non-hydrogen) atoms. The lowest BCUT2D eigenvalue weighted by molar-refractivity contribution is -0.0649. The summed E-state index contributed by atoms with van der Waals surface area (Å²) in [5, 5.41) is 14.3. The maximum Gasteiger partial charge on any atom is 0.159 e. The van der Waals surface area contributed by atoms with E-state index in [1.165, 1.54) is 5.56 Å². The fourth-order valence-corrected chi connectivity index (χ4v) is 3.36. The SMILES string of the molecule is CCc1ccc(CN[C@@H]2c3cc(C(C)=O)ccc3OC(C)(C)[C@H]2O)cc1. The Bertz CT molecular complexity index is 796. The summed E-state index contributed by atoms with van der Waals surface area (Å²) in [4.78, 5) is 11.8. The fraction of sp³-hybridized carbons (Fsp3) is 0.409. The molecule has 4 nitrogen and oxygen atoms in total. The second-order valence-corrected chi connectivity index (χ2v) is 7.49. The third-order valence-corrected chi connectivity index (χ3v) is 5.11. The topological polar surface area (TPSA) is 58.6 Å². The summed E-state index contributed by atoms with van der Waals surface area (Å²) >= 11 is 0. The minimum atomic E-state index is -0.730. The van der Waals surface area contributed by atoms with Gasteiger partial charge in [-0.3, -0.25) is 4.79 Å². The zero-order chi connectivity index (χ0) is 18.9. The van der Waals surface area contributed by atoms with Crippen LogP contribution in [-0.4, -0.2) is 22.6 Å². The van der Waals surface area contributed by atoms with E-state index in [4.69, 9.17) is 4.74 Å². The van der Waals surface area contributed by atoms with Crippen molar-refractivity contribution in [2.45, 2.75) is 58.4 Å². The first-order valence-corrected chi connectivity index (χ1v) is 9.15. The van der Waals surface area contributed by atoms with Crippen LogP contribution in [0.4, 0.5) is 0 Å². The highest BCUT2D eigenvalue weighted by Gasteiger charge is 2.42. The molecule has 2 atom stereocenters. The van der Waals surface area contributed by atoms with Gasteiger partial charge in [0.05, 0.1) is 6.04 Å². The molecule has 0 radical (unpaired) electrons. The van der Waals surface area contributed by atoms with Gasteiger partial charge in [0.25, 0.3) is 0 Å². The van der Waals surface area contributed by atoms with Gasteiger partial charge in [-0.25, -0.2) is 0 Å². The minimum absolute atomic E-state index is 0.000952. The molecule has 2 aromatic carbocycles. The van der Waals surface area contributed by atoms with Crippen molar-refractivity contribution in [3.05, 3.63) is 64.7 Å². The Hall–Kier alpha value is -2.17. The molecule has 0 spiro atoms. The lowest BCUT2D eigenvalue weighted by Gasteiger charge is -2.42. The summed E-state index contributed by atoms with van der Waals surface area (Å²) in [6.07, 6.45) is 0.286. The summed E-state index contributed by atoms with van der Waals surface area (Å²) in [5.41, 5.74) is 3.20.